The highest BCUT2D eigenvalue weighted by Crippen LogP contribution is 2.38. The zero-order valence-electron chi connectivity index (χ0n) is 15.5. The van der Waals surface area contributed by atoms with E-state index in [-0.39, 0.29) is 22.1 Å². The molecule has 0 saturated carbocycles. The molecule has 0 fully saturated rings. The van der Waals surface area contributed by atoms with E-state index in [1.807, 2.05) is 0 Å². The number of alkyl halides is 1. The number of nitrogens with zero attached hydrogens (tertiary/aromatic N) is 5. The lowest BCUT2D eigenvalue weighted by atomic mass is 10.2. The second-order valence-electron chi connectivity index (χ2n) is 5.94. The van der Waals surface area contributed by atoms with Gasteiger partial charge in [0.15, 0.2) is 5.82 Å². The standard InChI is InChI=1S/C19H16BrClN6O2/c1-23-19(29)26(12-7-4-3-5-8-12)18(28)15-13(11-22)16(20)25(2)27(15)17-14(21)9-6-10-24-17/h3-10,16H,1-2H3,(H,23,29). The van der Waals surface area contributed by atoms with Gasteiger partial charge in [-0.2, -0.15) is 10.3 Å². The van der Waals surface area contributed by atoms with Crippen molar-refractivity contribution in [3.8, 4) is 6.07 Å². The number of anilines is 2. The van der Waals surface area contributed by atoms with Crippen LogP contribution in [0.25, 0.3) is 0 Å². The van der Waals surface area contributed by atoms with Gasteiger partial charge in [-0.25, -0.2) is 19.7 Å². The number of rotatable bonds is 3. The monoisotopic (exact) mass is 474 g/mol. The first-order chi connectivity index (χ1) is 13.9. The summed E-state index contributed by atoms with van der Waals surface area (Å²) in [5, 5.41) is 15.5. The van der Waals surface area contributed by atoms with Crippen molar-refractivity contribution < 1.29 is 9.59 Å². The first-order valence-electron chi connectivity index (χ1n) is 8.45. The van der Waals surface area contributed by atoms with E-state index < -0.39 is 16.9 Å². The van der Waals surface area contributed by atoms with E-state index in [4.69, 9.17) is 11.6 Å². The average Bonchev–Trinajstić information content (AvgIpc) is 2.99. The van der Waals surface area contributed by atoms with Crippen LogP contribution in [0, 0.1) is 11.3 Å². The van der Waals surface area contributed by atoms with Crippen molar-refractivity contribution in [2.45, 2.75) is 4.95 Å². The van der Waals surface area contributed by atoms with E-state index in [1.54, 1.807) is 54.5 Å². The molecule has 1 unspecified atom stereocenters. The fourth-order valence-corrected chi connectivity index (χ4v) is 3.60. The molecule has 3 amide bonds. The van der Waals surface area contributed by atoms with Crippen molar-refractivity contribution >= 4 is 51.0 Å². The van der Waals surface area contributed by atoms with Crippen LogP contribution >= 0.6 is 27.5 Å². The van der Waals surface area contributed by atoms with Gasteiger partial charge in [-0.15, -0.1) is 0 Å². The third-order valence-corrected chi connectivity index (χ3v) is 5.59. The molecule has 1 aliphatic heterocycles. The van der Waals surface area contributed by atoms with Crippen LogP contribution in [0.2, 0.25) is 5.02 Å². The maximum absolute atomic E-state index is 13.6. The Bertz CT molecular complexity index is 1020. The van der Waals surface area contributed by atoms with Gasteiger partial charge in [0.25, 0.3) is 5.91 Å². The fraction of sp³-hybridized carbons (Fsp3) is 0.158. The SMILES string of the molecule is CNC(=O)N(C(=O)C1=C(C#N)C(Br)N(C)N1c1ncccc1Cl)c1ccccc1. The predicted molar refractivity (Wildman–Crippen MR) is 113 cm³/mol. The Labute approximate surface area is 181 Å². The van der Waals surface area contributed by atoms with Crippen molar-refractivity contribution in [2.75, 3.05) is 24.0 Å². The molecular formula is C19H16BrClN6O2. The molecule has 0 radical (unpaired) electrons. The van der Waals surface area contributed by atoms with Gasteiger partial charge in [-0.05, 0) is 24.3 Å². The highest BCUT2D eigenvalue weighted by molar-refractivity contribution is 9.09. The fourth-order valence-electron chi connectivity index (χ4n) is 2.89. The van der Waals surface area contributed by atoms with Gasteiger partial charge in [-0.1, -0.05) is 45.7 Å². The van der Waals surface area contributed by atoms with Gasteiger partial charge in [0.05, 0.1) is 22.4 Å². The van der Waals surface area contributed by atoms with E-state index in [9.17, 15) is 14.9 Å². The number of carbonyl (C=O) groups excluding carboxylic acids is 2. The molecule has 0 aliphatic carbocycles. The van der Waals surface area contributed by atoms with E-state index >= 15 is 0 Å². The number of para-hydroxylation sites is 1. The van der Waals surface area contributed by atoms with Crippen LogP contribution in [0.3, 0.4) is 0 Å². The second kappa shape index (κ2) is 8.61. The van der Waals surface area contributed by atoms with Crippen LogP contribution < -0.4 is 15.2 Å². The summed E-state index contributed by atoms with van der Waals surface area (Å²) in [6.07, 6.45) is 1.53. The van der Waals surface area contributed by atoms with Gasteiger partial charge < -0.3 is 5.32 Å². The quantitative estimate of drug-likeness (QED) is 0.541. The minimum absolute atomic E-state index is 0.0232. The van der Waals surface area contributed by atoms with E-state index in [2.05, 4.69) is 32.3 Å². The molecule has 0 spiro atoms. The maximum Gasteiger partial charge on any atom is 0.328 e. The first-order valence-corrected chi connectivity index (χ1v) is 9.74. The molecule has 148 valence electrons. The molecule has 0 bridgehead atoms. The van der Waals surface area contributed by atoms with Gasteiger partial charge in [0.2, 0.25) is 0 Å². The number of nitriles is 1. The van der Waals surface area contributed by atoms with Crippen LogP contribution in [0.4, 0.5) is 16.3 Å². The summed E-state index contributed by atoms with van der Waals surface area (Å²) in [5.74, 6) is -0.428. The molecule has 1 aliphatic rings. The third kappa shape index (κ3) is 3.70. The number of halogens is 2. The Kier molecular flexibility index (Phi) is 6.17. The summed E-state index contributed by atoms with van der Waals surface area (Å²) in [5.41, 5.74) is 0.461. The summed E-state index contributed by atoms with van der Waals surface area (Å²) in [6.45, 7) is 0. The molecule has 10 heteroatoms. The van der Waals surface area contributed by atoms with Crippen LogP contribution in [0.15, 0.2) is 59.9 Å². The average molecular weight is 476 g/mol. The van der Waals surface area contributed by atoms with Crippen molar-refractivity contribution in [3.05, 3.63) is 65.0 Å². The molecule has 2 heterocycles. The summed E-state index contributed by atoms with van der Waals surface area (Å²) >= 11 is 9.73. The van der Waals surface area contributed by atoms with E-state index in [0.29, 0.717) is 5.69 Å². The normalized spacial score (nSPS) is 16.5. The van der Waals surface area contributed by atoms with Crippen LogP contribution in [0.1, 0.15) is 0 Å². The number of amides is 3. The maximum atomic E-state index is 13.6. The largest absolute Gasteiger partial charge is 0.340 e. The van der Waals surface area contributed by atoms with E-state index in [0.717, 1.165) is 4.90 Å². The van der Waals surface area contributed by atoms with Crippen LogP contribution in [-0.4, -0.2) is 41.0 Å². The number of aromatic nitrogens is 1. The van der Waals surface area contributed by atoms with E-state index in [1.165, 1.54) is 18.3 Å². The topological polar surface area (TPSA) is 92.6 Å². The molecule has 1 atom stereocenters. The molecule has 8 nitrogen and oxygen atoms in total. The number of imide groups is 1. The number of hydrogen-bond donors (Lipinski definition) is 1. The summed E-state index contributed by atoms with van der Waals surface area (Å²) in [6, 6.07) is 13.1. The number of hydrazine groups is 1. The first kappa shape index (κ1) is 20.8. The number of benzene rings is 1. The second-order valence-corrected chi connectivity index (χ2v) is 7.21. The zero-order chi connectivity index (χ0) is 21.1. The zero-order valence-corrected chi connectivity index (χ0v) is 17.8. The van der Waals surface area contributed by atoms with Crippen molar-refractivity contribution in [3.63, 3.8) is 0 Å². The highest BCUT2D eigenvalue weighted by atomic mass is 79.9. The lowest BCUT2D eigenvalue weighted by Gasteiger charge is -2.31. The van der Waals surface area contributed by atoms with Crippen LogP contribution in [-0.2, 0) is 4.79 Å². The minimum Gasteiger partial charge on any atom is -0.340 e. The molecule has 29 heavy (non-hydrogen) atoms. The molecule has 2 aromatic rings. The molecule has 1 aromatic carbocycles. The Morgan fingerprint density at radius 3 is 2.55 bits per heavy atom. The lowest BCUT2D eigenvalue weighted by Crippen LogP contribution is -2.48. The Morgan fingerprint density at radius 2 is 1.97 bits per heavy atom. The Balaban J connectivity index is 2.19. The number of likely N-dealkylation sites (N-methyl/N-ethyl adjacent to an activating group) is 1. The third-order valence-electron chi connectivity index (χ3n) is 4.25. The van der Waals surface area contributed by atoms with Crippen molar-refractivity contribution in [1.82, 2.24) is 15.3 Å². The van der Waals surface area contributed by atoms with Gasteiger partial charge in [-0.3, -0.25) is 4.79 Å². The highest BCUT2D eigenvalue weighted by Gasteiger charge is 2.44. The van der Waals surface area contributed by atoms with Crippen LogP contribution in [0.5, 0.6) is 0 Å². The molecule has 0 saturated heterocycles. The number of carbonyl (C=O) groups is 2. The van der Waals surface area contributed by atoms with Gasteiger partial charge >= 0.3 is 6.03 Å². The number of hydrogen-bond acceptors (Lipinski definition) is 6. The van der Waals surface area contributed by atoms with Crippen molar-refractivity contribution in [2.24, 2.45) is 0 Å². The molecule has 1 N–H and O–H groups in total. The molecule has 1 aromatic heterocycles. The minimum atomic E-state index is -0.692. The molecule has 3 rings (SSSR count). The lowest BCUT2D eigenvalue weighted by molar-refractivity contribution is -0.114. The smallest absolute Gasteiger partial charge is 0.328 e. The predicted octanol–water partition coefficient (Wildman–Crippen LogP) is 3.27. The summed E-state index contributed by atoms with van der Waals surface area (Å²) in [4.78, 5) is 30.8. The number of urea groups is 1. The van der Waals surface area contributed by atoms with Gasteiger partial charge in [0, 0.05) is 20.3 Å². The summed E-state index contributed by atoms with van der Waals surface area (Å²) in [7, 11) is 3.10. The Morgan fingerprint density at radius 1 is 1.28 bits per heavy atom. The van der Waals surface area contributed by atoms with Crippen molar-refractivity contribution in [1.29, 1.82) is 5.26 Å². The number of nitrogens with one attached hydrogen (secondary N) is 1. The van der Waals surface area contributed by atoms with Gasteiger partial charge in [0.1, 0.15) is 10.6 Å². The number of pyridine rings is 1. The Hall–Kier alpha value is -2.93. The molecular weight excluding hydrogens is 460 g/mol. The summed E-state index contributed by atoms with van der Waals surface area (Å²) < 4.78 is 0.